The highest BCUT2D eigenvalue weighted by Crippen LogP contribution is 2.30. The SMILES string of the molecule is Cc1cc(C)c(C(C)NC2CCN(C3CC3)CC2)cc1C. The Hall–Kier alpha value is -0.860. The van der Waals surface area contributed by atoms with Crippen molar-refractivity contribution < 1.29 is 0 Å². The van der Waals surface area contributed by atoms with E-state index in [2.05, 4.69) is 50.0 Å². The number of nitrogens with zero attached hydrogens (tertiary/aromatic N) is 1. The van der Waals surface area contributed by atoms with Crippen LogP contribution in [0.2, 0.25) is 0 Å². The van der Waals surface area contributed by atoms with Gasteiger partial charge in [0.15, 0.2) is 0 Å². The molecule has 0 bridgehead atoms. The summed E-state index contributed by atoms with van der Waals surface area (Å²) in [6.45, 7) is 11.6. The van der Waals surface area contributed by atoms with Crippen LogP contribution in [-0.2, 0) is 0 Å². The Balaban J connectivity index is 1.58. The minimum absolute atomic E-state index is 0.460. The second-order valence-electron chi connectivity index (χ2n) is 7.22. The van der Waals surface area contributed by atoms with Gasteiger partial charge in [-0.25, -0.2) is 0 Å². The normalized spacial score (nSPS) is 22.5. The van der Waals surface area contributed by atoms with E-state index in [4.69, 9.17) is 0 Å². The zero-order valence-corrected chi connectivity index (χ0v) is 14.1. The van der Waals surface area contributed by atoms with Crippen molar-refractivity contribution in [2.75, 3.05) is 13.1 Å². The molecule has 0 spiro atoms. The Morgan fingerprint density at radius 2 is 1.57 bits per heavy atom. The molecule has 2 fully saturated rings. The summed E-state index contributed by atoms with van der Waals surface area (Å²) in [5.41, 5.74) is 5.71. The number of hydrogen-bond acceptors (Lipinski definition) is 2. The average Bonchev–Trinajstić information content (AvgIpc) is 3.28. The maximum absolute atomic E-state index is 3.88. The Kier molecular flexibility index (Phi) is 4.37. The largest absolute Gasteiger partial charge is 0.307 e. The van der Waals surface area contributed by atoms with E-state index in [1.54, 1.807) is 0 Å². The maximum Gasteiger partial charge on any atom is 0.0297 e. The molecule has 1 aromatic rings. The Bertz CT molecular complexity index is 497. The van der Waals surface area contributed by atoms with Crippen LogP contribution in [0.3, 0.4) is 0 Å². The van der Waals surface area contributed by atoms with Gasteiger partial charge in [-0.3, -0.25) is 0 Å². The lowest BCUT2D eigenvalue weighted by molar-refractivity contribution is 0.184. The number of hydrogen-bond donors (Lipinski definition) is 1. The molecule has 1 unspecified atom stereocenters. The molecule has 0 aromatic heterocycles. The Labute approximate surface area is 129 Å². The molecule has 1 aliphatic carbocycles. The molecule has 1 N–H and O–H groups in total. The second-order valence-corrected chi connectivity index (χ2v) is 7.22. The van der Waals surface area contributed by atoms with Gasteiger partial charge in [0, 0.05) is 18.1 Å². The highest BCUT2D eigenvalue weighted by molar-refractivity contribution is 5.38. The van der Waals surface area contributed by atoms with Gasteiger partial charge in [0.05, 0.1) is 0 Å². The molecule has 0 radical (unpaired) electrons. The number of benzene rings is 1. The Morgan fingerprint density at radius 3 is 2.19 bits per heavy atom. The molecule has 2 nitrogen and oxygen atoms in total. The minimum atomic E-state index is 0.460. The number of aryl methyl sites for hydroxylation is 3. The predicted octanol–water partition coefficient (Wildman–Crippen LogP) is 3.89. The first-order valence-electron chi connectivity index (χ1n) is 8.62. The summed E-state index contributed by atoms with van der Waals surface area (Å²) in [6, 6.07) is 6.79. The molecule has 1 saturated carbocycles. The number of rotatable bonds is 4. The van der Waals surface area contributed by atoms with Crippen LogP contribution in [0, 0.1) is 20.8 Å². The fraction of sp³-hybridized carbons (Fsp3) is 0.684. The summed E-state index contributed by atoms with van der Waals surface area (Å²) >= 11 is 0. The summed E-state index contributed by atoms with van der Waals surface area (Å²) in [5.74, 6) is 0. The van der Waals surface area contributed by atoms with E-state index in [9.17, 15) is 0 Å². The van der Waals surface area contributed by atoms with Gasteiger partial charge in [0.2, 0.25) is 0 Å². The second kappa shape index (κ2) is 6.10. The fourth-order valence-electron chi connectivity index (χ4n) is 3.76. The number of likely N-dealkylation sites (tertiary alicyclic amines) is 1. The predicted molar refractivity (Wildman–Crippen MR) is 89.8 cm³/mol. The standard InChI is InChI=1S/C19H30N2/c1-13-11-15(3)19(12-14(13)2)16(4)20-17-7-9-21(10-8-17)18-5-6-18/h11-12,16-18,20H,5-10H2,1-4H3. The lowest BCUT2D eigenvalue weighted by atomic mass is 9.95. The van der Waals surface area contributed by atoms with E-state index in [-0.39, 0.29) is 0 Å². The van der Waals surface area contributed by atoms with Gasteiger partial charge in [-0.1, -0.05) is 12.1 Å². The van der Waals surface area contributed by atoms with Gasteiger partial charge in [-0.2, -0.15) is 0 Å². The molecule has 1 heterocycles. The van der Waals surface area contributed by atoms with Crippen molar-refractivity contribution in [3.8, 4) is 0 Å². The molecular weight excluding hydrogens is 256 g/mol. The molecular formula is C19H30N2. The Morgan fingerprint density at radius 1 is 0.952 bits per heavy atom. The van der Waals surface area contributed by atoms with Gasteiger partial charge >= 0.3 is 0 Å². The average molecular weight is 286 g/mol. The van der Waals surface area contributed by atoms with Crippen LogP contribution in [0.15, 0.2) is 12.1 Å². The first-order valence-corrected chi connectivity index (χ1v) is 8.62. The van der Waals surface area contributed by atoms with Crippen LogP contribution < -0.4 is 5.32 Å². The van der Waals surface area contributed by atoms with Crippen molar-refractivity contribution >= 4 is 0 Å². The van der Waals surface area contributed by atoms with Crippen LogP contribution in [0.5, 0.6) is 0 Å². The molecule has 1 aromatic carbocycles. The molecule has 3 rings (SSSR count). The zero-order chi connectivity index (χ0) is 15.0. The number of piperidine rings is 1. The molecule has 2 heteroatoms. The minimum Gasteiger partial charge on any atom is -0.307 e. The van der Waals surface area contributed by atoms with Gasteiger partial charge < -0.3 is 10.2 Å². The molecule has 21 heavy (non-hydrogen) atoms. The zero-order valence-electron chi connectivity index (χ0n) is 14.1. The van der Waals surface area contributed by atoms with E-state index < -0.39 is 0 Å². The van der Waals surface area contributed by atoms with Gasteiger partial charge in [0.25, 0.3) is 0 Å². The third-order valence-corrected chi connectivity index (χ3v) is 5.43. The highest BCUT2D eigenvalue weighted by Gasteiger charge is 2.32. The van der Waals surface area contributed by atoms with E-state index in [1.807, 2.05) is 0 Å². The first-order chi connectivity index (χ1) is 10.0. The third-order valence-electron chi connectivity index (χ3n) is 5.43. The van der Waals surface area contributed by atoms with E-state index in [0.29, 0.717) is 12.1 Å². The lowest BCUT2D eigenvalue weighted by Gasteiger charge is -2.34. The summed E-state index contributed by atoms with van der Waals surface area (Å²) in [5, 5.41) is 3.88. The molecule has 1 aliphatic heterocycles. The van der Waals surface area contributed by atoms with Crippen molar-refractivity contribution in [3.05, 3.63) is 34.4 Å². The molecule has 1 saturated heterocycles. The molecule has 1 atom stereocenters. The van der Waals surface area contributed by atoms with Crippen LogP contribution >= 0.6 is 0 Å². The summed E-state index contributed by atoms with van der Waals surface area (Å²) < 4.78 is 0. The highest BCUT2D eigenvalue weighted by atomic mass is 15.2. The van der Waals surface area contributed by atoms with E-state index in [0.717, 1.165) is 6.04 Å². The fourth-order valence-corrected chi connectivity index (χ4v) is 3.76. The summed E-state index contributed by atoms with van der Waals surface area (Å²) in [6.07, 6.45) is 5.50. The van der Waals surface area contributed by atoms with Crippen molar-refractivity contribution in [2.24, 2.45) is 0 Å². The topological polar surface area (TPSA) is 15.3 Å². The van der Waals surface area contributed by atoms with Crippen molar-refractivity contribution in [2.45, 2.75) is 71.5 Å². The number of nitrogens with one attached hydrogen (secondary N) is 1. The van der Waals surface area contributed by atoms with Crippen molar-refractivity contribution in [3.63, 3.8) is 0 Å². The van der Waals surface area contributed by atoms with Crippen LogP contribution in [-0.4, -0.2) is 30.1 Å². The van der Waals surface area contributed by atoms with Crippen LogP contribution in [0.1, 0.15) is 60.9 Å². The first kappa shape index (κ1) is 15.1. The monoisotopic (exact) mass is 286 g/mol. The summed E-state index contributed by atoms with van der Waals surface area (Å²) in [4.78, 5) is 2.70. The van der Waals surface area contributed by atoms with Gasteiger partial charge in [0.1, 0.15) is 0 Å². The lowest BCUT2D eigenvalue weighted by Crippen LogP contribution is -2.44. The quantitative estimate of drug-likeness (QED) is 0.903. The van der Waals surface area contributed by atoms with Gasteiger partial charge in [-0.15, -0.1) is 0 Å². The molecule has 116 valence electrons. The molecule has 2 aliphatic rings. The smallest absolute Gasteiger partial charge is 0.0297 e. The molecule has 0 amide bonds. The van der Waals surface area contributed by atoms with Gasteiger partial charge in [-0.05, 0) is 88.7 Å². The van der Waals surface area contributed by atoms with Crippen LogP contribution in [0.25, 0.3) is 0 Å². The van der Waals surface area contributed by atoms with Crippen LogP contribution in [0.4, 0.5) is 0 Å². The van der Waals surface area contributed by atoms with E-state index in [1.165, 1.54) is 61.0 Å². The van der Waals surface area contributed by atoms with E-state index >= 15 is 0 Å². The van der Waals surface area contributed by atoms with Crippen molar-refractivity contribution in [1.29, 1.82) is 0 Å². The maximum atomic E-state index is 3.88. The van der Waals surface area contributed by atoms with Crippen molar-refractivity contribution in [1.82, 2.24) is 10.2 Å². The summed E-state index contributed by atoms with van der Waals surface area (Å²) in [7, 11) is 0. The third kappa shape index (κ3) is 3.49.